The number of aryl methyl sites for hydroxylation is 1. The van der Waals surface area contributed by atoms with Crippen molar-refractivity contribution in [2.45, 2.75) is 32.3 Å². The van der Waals surface area contributed by atoms with E-state index in [9.17, 15) is 9.18 Å². The van der Waals surface area contributed by atoms with E-state index in [1.54, 1.807) is 6.07 Å². The van der Waals surface area contributed by atoms with Crippen molar-refractivity contribution in [3.63, 3.8) is 0 Å². The van der Waals surface area contributed by atoms with Crippen LogP contribution in [0.5, 0.6) is 5.75 Å². The summed E-state index contributed by atoms with van der Waals surface area (Å²) < 4.78 is 18.9. The molecule has 5 nitrogen and oxygen atoms in total. The molecule has 1 atom stereocenters. The van der Waals surface area contributed by atoms with E-state index in [0.717, 1.165) is 23.4 Å². The third-order valence-electron chi connectivity index (χ3n) is 4.26. The fourth-order valence-electron chi connectivity index (χ4n) is 3.11. The lowest BCUT2D eigenvalue weighted by atomic mass is 10.1. The average Bonchev–Trinajstić information content (AvgIpc) is 3.14. The molecule has 0 radical (unpaired) electrons. The van der Waals surface area contributed by atoms with E-state index in [1.807, 2.05) is 25.1 Å². The Labute approximate surface area is 144 Å². The summed E-state index contributed by atoms with van der Waals surface area (Å²) >= 11 is 0. The van der Waals surface area contributed by atoms with Gasteiger partial charge in [0.2, 0.25) is 5.91 Å². The number of halogens is 1. The fourth-order valence-corrected chi connectivity index (χ4v) is 3.11. The van der Waals surface area contributed by atoms with Gasteiger partial charge in [-0.2, -0.15) is 0 Å². The first-order valence-electron chi connectivity index (χ1n) is 8.30. The van der Waals surface area contributed by atoms with Crippen LogP contribution in [0.15, 0.2) is 36.4 Å². The molecule has 128 valence electrons. The fraction of sp³-hybridized carbons (Fsp3) is 0.263. The highest BCUT2D eigenvalue weighted by molar-refractivity contribution is 5.91. The zero-order chi connectivity index (χ0) is 17.4. The first-order valence-corrected chi connectivity index (χ1v) is 8.30. The van der Waals surface area contributed by atoms with Crippen molar-refractivity contribution in [2.75, 3.05) is 5.32 Å². The molecule has 2 heterocycles. The topological polar surface area (TPSA) is 67.0 Å². The lowest BCUT2D eigenvalue weighted by molar-refractivity contribution is -0.116. The van der Waals surface area contributed by atoms with Crippen LogP contribution in [0.1, 0.15) is 24.7 Å². The second kappa shape index (κ2) is 6.20. The van der Waals surface area contributed by atoms with Crippen molar-refractivity contribution in [2.24, 2.45) is 0 Å². The number of H-pyrrole nitrogens is 1. The van der Waals surface area contributed by atoms with Gasteiger partial charge in [-0.1, -0.05) is 0 Å². The van der Waals surface area contributed by atoms with E-state index in [-0.39, 0.29) is 17.8 Å². The first kappa shape index (κ1) is 15.6. The van der Waals surface area contributed by atoms with Gasteiger partial charge in [-0.05, 0) is 48.9 Å². The van der Waals surface area contributed by atoms with Crippen molar-refractivity contribution < 1.29 is 13.9 Å². The van der Waals surface area contributed by atoms with Gasteiger partial charge >= 0.3 is 0 Å². The number of aromatic nitrogens is 2. The number of imidazole rings is 1. The van der Waals surface area contributed by atoms with Crippen LogP contribution in [-0.4, -0.2) is 22.0 Å². The van der Waals surface area contributed by atoms with E-state index >= 15 is 0 Å². The summed E-state index contributed by atoms with van der Waals surface area (Å²) in [6.07, 6.45) is 1.80. The molecule has 25 heavy (non-hydrogen) atoms. The number of carbonyl (C=O) groups excluding carboxylic acids is 1. The Kier molecular flexibility index (Phi) is 3.87. The number of rotatable bonds is 4. The molecule has 0 saturated carbocycles. The number of fused-ring (bicyclic) bond motifs is 2. The smallest absolute Gasteiger partial charge is 0.224 e. The highest BCUT2D eigenvalue weighted by atomic mass is 19.1. The van der Waals surface area contributed by atoms with Crippen LogP contribution in [0.4, 0.5) is 10.1 Å². The van der Waals surface area contributed by atoms with Crippen LogP contribution in [-0.2, 0) is 17.6 Å². The molecule has 2 N–H and O–H groups in total. The summed E-state index contributed by atoms with van der Waals surface area (Å²) in [7, 11) is 0. The second-order valence-corrected chi connectivity index (χ2v) is 6.35. The minimum absolute atomic E-state index is 0.0847. The predicted octanol–water partition coefficient (Wildman–Crippen LogP) is 3.60. The summed E-state index contributed by atoms with van der Waals surface area (Å²) in [5, 5.41) is 2.90. The Morgan fingerprint density at radius 1 is 1.36 bits per heavy atom. The molecule has 0 saturated heterocycles. The van der Waals surface area contributed by atoms with Crippen LogP contribution in [0, 0.1) is 5.82 Å². The number of aromatic amines is 1. The summed E-state index contributed by atoms with van der Waals surface area (Å²) in [6, 6.07) is 10.1. The lowest BCUT2D eigenvalue weighted by Crippen LogP contribution is -2.12. The maximum atomic E-state index is 13.2. The molecule has 0 spiro atoms. The summed E-state index contributed by atoms with van der Waals surface area (Å²) in [6.45, 7) is 2.03. The van der Waals surface area contributed by atoms with Crippen LogP contribution in [0.2, 0.25) is 0 Å². The lowest BCUT2D eigenvalue weighted by Gasteiger charge is -2.06. The molecule has 0 aliphatic carbocycles. The number of nitrogens with one attached hydrogen (secondary N) is 2. The summed E-state index contributed by atoms with van der Waals surface area (Å²) in [5.74, 6) is 1.17. The zero-order valence-corrected chi connectivity index (χ0v) is 13.8. The molecular weight excluding hydrogens is 321 g/mol. The van der Waals surface area contributed by atoms with E-state index in [1.165, 1.54) is 12.1 Å². The Bertz CT molecular complexity index is 951. The number of hydrogen-bond donors (Lipinski definition) is 2. The number of benzene rings is 2. The van der Waals surface area contributed by atoms with Crippen molar-refractivity contribution in [3.8, 4) is 5.75 Å². The molecule has 4 rings (SSSR count). The Balaban J connectivity index is 1.38. The molecule has 1 amide bonds. The molecule has 0 fully saturated rings. The van der Waals surface area contributed by atoms with Crippen molar-refractivity contribution >= 4 is 22.6 Å². The summed E-state index contributed by atoms with van der Waals surface area (Å²) in [5.41, 5.74) is 3.23. The number of hydrogen-bond acceptors (Lipinski definition) is 3. The third kappa shape index (κ3) is 3.33. The monoisotopic (exact) mass is 339 g/mol. The van der Waals surface area contributed by atoms with Crippen LogP contribution in [0.25, 0.3) is 11.0 Å². The first-order chi connectivity index (χ1) is 12.1. The van der Waals surface area contributed by atoms with Crippen molar-refractivity contribution in [1.82, 2.24) is 9.97 Å². The predicted molar refractivity (Wildman–Crippen MR) is 93.2 cm³/mol. The van der Waals surface area contributed by atoms with Gasteiger partial charge < -0.3 is 15.0 Å². The second-order valence-electron chi connectivity index (χ2n) is 6.35. The number of amides is 1. The summed E-state index contributed by atoms with van der Waals surface area (Å²) in [4.78, 5) is 19.6. The molecule has 2 aromatic carbocycles. The Hall–Kier alpha value is -2.89. The maximum absolute atomic E-state index is 13.2. The SMILES string of the molecule is CC1Cc2cc(NC(=O)CCc3nc4ccc(F)cc4[nH]3)ccc2O1. The number of carbonyl (C=O) groups is 1. The van der Waals surface area contributed by atoms with Crippen molar-refractivity contribution in [3.05, 3.63) is 53.6 Å². The largest absolute Gasteiger partial charge is 0.490 e. The van der Waals surface area contributed by atoms with E-state index in [4.69, 9.17) is 4.74 Å². The molecule has 1 aliphatic heterocycles. The minimum Gasteiger partial charge on any atom is -0.490 e. The van der Waals surface area contributed by atoms with Gasteiger partial charge in [0.25, 0.3) is 0 Å². The van der Waals surface area contributed by atoms with E-state index < -0.39 is 0 Å². The Morgan fingerprint density at radius 2 is 2.24 bits per heavy atom. The third-order valence-corrected chi connectivity index (χ3v) is 4.26. The van der Waals surface area contributed by atoms with Gasteiger partial charge in [0.05, 0.1) is 11.0 Å². The molecule has 1 unspecified atom stereocenters. The van der Waals surface area contributed by atoms with Gasteiger partial charge in [0, 0.05) is 24.9 Å². The number of ether oxygens (including phenoxy) is 1. The van der Waals surface area contributed by atoms with E-state index in [0.29, 0.717) is 29.7 Å². The normalized spacial score (nSPS) is 15.8. The van der Waals surface area contributed by atoms with Crippen LogP contribution in [0.3, 0.4) is 0 Å². The molecule has 6 heteroatoms. The minimum atomic E-state index is -0.310. The standard InChI is InChI=1S/C19H18FN3O2/c1-11-8-12-9-14(3-5-17(12)25-11)21-19(24)7-6-18-22-15-4-2-13(20)10-16(15)23-18/h2-5,9-11H,6-8H2,1H3,(H,21,24)(H,22,23). The number of anilines is 1. The molecule has 0 bridgehead atoms. The van der Waals surface area contributed by atoms with Gasteiger partial charge in [-0.15, -0.1) is 0 Å². The number of nitrogens with zero attached hydrogens (tertiary/aromatic N) is 1. The molecule has 1 aliphatic rings. The van der Waals surface area contributed by atoms with Gasteiger partial charge in [0.15, 0.2) is 0 Å². The van der Waals surface area contributed by atoms with Gasteiger partial charge in [-0.3, -0.25) is 4.79 Å². The molecular formula is C19H18FN3O2. The Morgan fingerprint density at radius 3 is 3.12 bits per heavy atom. The average molecular weight is 339 g/mol. The maximum Gasteiger partial charge on any atom is 0.224 e. The quantitative estimate of drug-likeness (QED) is 0.763. The highest BCUT2D eigenvalue weighted by Crippen LogP contribution is 2.31. The van der Waals surface area contributed by atoms with Crippen LogP contribution < -0.4 is 10.1 Å². The van der Waals surface area contributed by atoms with Crippen molar-refractivity contribution in [1.29, 1.82) is 0 Å². The van der Waals surface area contributed by atoms with E-state index in [2.05, 4.69) is 15.3 Å². The van der Waals surface area contributed by atoms with Gasteiger partial charge in [0.1, 0.15) is 23.5 Å². The molecule has 1 aromatic heterocycles. The molecule has 3 aromatic rings. The van der Waals surface area contributed by atoms with Crippen LogP contribution >= 0.6 is 0 Å². The zero-order valence-electron chi connectivity index (χ0n) is 13.8. The highest BCUT2D eigenvalue weighted by Gasteiger charge is 2.19. The van der Waals surface area contributed by atoms with Gasteiger partial charge in [-0.25, -0.2) is 9.37 Å².